The molecule has 2 heterocycles. The minimum Gasteiger partial charge on any atom is -0.326 e. The lowest BCUT2D eigenvalue weighted by Gasteiger charge is -2.20. The van der Waals surface area contributed by atoms with Crippen molar-refractivity contribution in [1.29, 1.82) is 0 Å². The highest BCUT2D eigenvalue weighted by molar-refractivity contribution is 5.67. The van der Waals surface area contributed by atoms with Crippen molar-refractivity contribution in [2.45, 2.75) is 32.7 Å². The van der Waals surface area contributed by atoms with Gasteiger partial charge in [0.15, 0.2) is 0 Å². The molecular formula is C17H21N3. The number of nitrogens with two attached hydrogens (primary N) is 1. The number of anilines is 2. The van der Waals surface area contributed by atoms with Crippen molar-refractivity contribution in [2.24, 2.45) is 5.73 Å². The van der Waals surface area contributed by atoms with Gasteiger partial charge in [-0.2, -0.15) is 0 Å². The summed E-state index contributed by atoms with van der Waals surface area (Å²) in [4.78, 5) is 6.93. The minimum absolute atomic E-state index is 0.0856. The topological polar surface area (TPSA) is 42.1 Å². The fourth-order valence-electron chi connectivity index (χ4n) is 2.88. The Kier molecular flexibility index (Phi) is 3.45. The Morgan fingerprint density at radius 1 is 1.35 bits per heavy atom. The SMILES string of the molecule is CC[C@@H](N)c1cnc(N2CCc3ccccc32)cc1C. The number of aryl methyl sites for hydroxylation is 1. The van der Waals surface area contributed by atoms with Gasteiger partial charge < -0.3 is 10.6 Å². The Bertz CT molecular complexity index is 621. The maximum atomic E-state index is 6.12. The molecule has 0 radical (unpaired) electrons. The van der Waals surface area contributed by atoms with Crippen molar-refractivity contribution < 1.29 is 0 Å². The number of hydrogen-bond acceptors (Lipinski definition) is 3. The molecule has 0 aliphatic carbocycles. The van der Waals surface area contributed by atoms with E-state index in [4.69, 9.17) is 5.73 Å². The number of hydrogen-bond donors (Lipinski definition) is 1. The van der Waals surface area contributed by atoms with Gasteiger partial charge in [0, 0.05) is 24.5 Å². The van der Waals surface area contributed by atoms with E-state index in [9.17, 15) is 0 Å². The van der Waals surface area contributed by atoms with Crippen molar-refractivity contribution >= 4 is 11.5 Å². The largest absolute Gasteiger partial charge is 0.326 e. The molecule has 0 unspecified atom stereocenters. The highest BCUT2D eigenvalue weighted by atomic mass is 15.2. The van der Waals surface area contributed by atoms with Crippen LogP contribution in [-0.2, 0) is 6.42 Å². The zero-order valence-electron chi connectivity index (χ0n) is 12.1. The lowest BCUT2D eigenvalue weighted by atomic mass is 10.0. The molecule has 104 valence electrons. The van der Waals surface area contributed by atoms with Gasteiger partial charge in [-0.25, -0.2) is 4.98 Å². The van der Waals surface area contributed by atoms with E-state index >= 15 is 0 Å². The Labute approximate surface area is 120 Å². The van der Waals surface area contributed by atoms with Crippen LogP contribution in [0.15, 0.2) is 36.5 Å². The van der Waals surface area contributed by atoms with Gasteiger partial charge in [0.05, 0.1) is 0 Å². The fraction of sp³-hybridized carbons (Fsp3) is 0.353. The average molecular weight is 267 g/mol. The first-order valence-corrected chi connectivity index (χ1v) is 7.28. The number of para-hydroxylation sites is 1. The molecule has 2 N–H and O–H groups in total. The van der Waals surface area contributed by atoms with Crippen LogP contribution in [0.2, 0.25) is 0 Å². The van der Waals surface area contributed by atoms with Gasteiger partial charge in [0.1, 0.15) is 5.82 Å². The molecule has 1 aliphatic rings. The van der Waals surface area contributed by atoms with Crippen molar-refractivity contribution in [3.05, 3.63) is 53.2 Å². The van der Waals surface area contributed by atoms with Crippen LogP contribution < -0.4 is 10.6 Å². The van der Waals surface area contributed by atoms with E-state index in [1.807, 2.05) is 6.20 Å². The van der Waals surface area contributed by atoms with E-state index in [1.165, 1.54) is 16.8 Å². The Balaban J connectivity index is 1.95. The number of aromatic nitrogens is 1. The molecule has 3 nitrogen and oxygen atoms in total. The maximum Gasteiger partial charge on any atom is 0.133 e. The van der Waals surface area contributed by atoms with Crippen molar-refractivity contribution in [1.82, 2.24) is 4.98 Å². The molecular weight excluding hydrogens is 246 g/mol. The van der Waals surface area contributed by atoms with Crippen LogP contribution in [0.3, 0.4) is 0 Å². The number of nitrogens with zero attached hydrogens (tertiary/aromatic N) is 2. The van der Waals surface area contributed by atoms with E-state index in [1.54, 1.807) is 0 Å². The Morgan fingerprint density at radius 2 is 2.15 bits per heavy atom. The smallest absolute Gasteiger partial charge is 0.133 e. The molecule has 3 heteroatoms. The highest BCUT2D eigenvalue weighted by Crippen LogP contribution is 2.34. The Hall–Kier alpha value is -1.87. The van der Waals surface area contributed by atoms with Gasteiger partial charge in [-0.05, 0) is 48.6 Å². The van der Waals surface area contributed by atoms with Crippen LogP contribution in [0.4, 0.5) is 11.5 Å². The molecule has 0 saturated heterocycles. The summed E-state index contributed by atoms with van der Waals surface area (Å²) < 4.78 is 0. The normalized spacial score (nSPS) is 15.2. The lowest BCUT2D eigenvalue weighted by molar-refractivity contribution is 0.690. The second-order valence-electron chi connectivity index (χ2n) is 5.44. The maximum absolute atomic E-state index is 6.12. The van der Waals surface area contributed by atoms with Crippen LogP contribution in [-0.4, -0.2) is 11.5 Å². The first-order valence-electron chi connectivity index (χ1n) is 7.28. The number of benzene rings is 1. The molecule has 0 bridgehead atoms. The predicted molar refractivity (Wildman–Crippen MR) is 83.3 cm³/mol. The second-order valence-corrected chi connectivity index (χ2v) is 5.44. The molecule has 1 aliphatic heterocycles. The molecule has 0 fully saturated rings. The van der Waals surface area contributed by atoms with Crippen LogP contribution in [0.1, 0.15) is 36.1 Å². The molecule has 1 aromatic carbocycles. The van der Waals surface area contributed by atoms with Crippen LogP contribution >= 0.6 is 0 Å². The molecule has 0 spiro atoms. The second kappa shape index (κ2) is 5.25. The number of rotatable bonds is 3. The van der Waals surface area contributed by atoms with E-state index in [0.717, 1.165) is 30.8 Å². The third-order valence-electron chi connectivity index (χ3n) is 4.14. The Morgan fingerprint density at radius 3 is 2.90 bits per heavy atom. The molecule has 0 amide bonds. The molecule has 20 heavy (non-hydrogen) atoms. The van der Waals surface area contributed by atoms with E-state index in [2.05, 4.69) is 54.1 Å². The summed E-state index contributed by atoms with van der Waals surface area (Å²) >= 11 is 0. The highest BCUT2D eigenvalue weighted by Gasteiger charge is 2.21. The van der Waals surface area contributed by atoms with Crippen LogP contribution in [0.25, 0.3) is 0 Å². The van der Waals surface area contributed by atoms with Gasteiger partial charge in [0.25, 0.3) is 0 Å². The van der Waals surface area contributed by atoms with Gasteiger partial charge in [-0.15, -0.1) is 0 Å². The van der Waals surface area contributed by atoms with E-state index in [-0.39, 0.29) is 6.04 Å². The summed E-state index contributed by atoms with van der Waals surface area (Å²) in [5, 5.41) is 0. The average Bonchev–Trinajstić information content (AvgIpc) is 2.90. The summed E-state index contributed by atoms with van der Waals surface area (Å²) in [6.45, 7) is 5.23. The van der Waals surface area contributed by atoms with Gasteiger partial charge in [-0.3, -0.25) is 0 Å². The number of pyridine rings is 1. The monoisotopic (exact) mass is 267 g/mol. The van der Waals surface area contributed by atoms with Gasteiger partial charge >= 0.3 is 0 Å². The van der Waals surface area contributed by atoms with Crippen LogP contribution in [0, 0.1) is 6.92 Å². The van der Waals surface area contributed by atoms with E-state index in [0.29, 0.717) is 0 Å². The molecule has 0 saturated carbocycles. The summed E-state index contributed by atoms with van der Waals surface area (Å²) in [7, 11) is 0. The fourth-order valence-corrected chi connectivity index (χ4v) is 2.88. The summed E-state index contributed by atoms with van der Waals surface area (Å²) in [5.74, 6) is 1.03. The van der Waals surface area contributed by atoms with Crippen molar-refractivity contribution in [2.75, 3.05) is 11.4 Å². The van der Waals surface area contributed by atoms with Gasteiger partial charge in [-0.1, -0.05) is 25.1 Å². The standard InChI is InChI=1S/C17H21N3/c1-3-15(18)14-11-19-17(10-12(14)2)20-9-8-13-6-4-5-7-16(13)20/h4-7,10-11,15H,3,8-9,18H2,1-2H3/t15-/m1/s1. The van der Waals surface area contributed by atoms with Crippen molar-refractivity contribution in [3.8, 4) is 0 Å². The number of fused-ring (bicyclic) bond motifs is 1. The predicted octanol–water partition coefficient (Wildman–Crippen LogP) is 3.49. The first-order chi connectivity index (χ1) is 9.70. The molecule has 2 aromatic rings. The zero-order valence-corrected chi connectivity index (χ0v) is 12.1. The zero-order chi connectivity index (χ0) is 14.1. The first kappa shape index (κ1) is 13.1. The van der Waals surface area contributed by atoms with Gasteiger partial charge in [0.2, 0.25) is 0 Å². The summed E-state index contributed by atoms with van der Waals surface area (Å²) in [6.07, 6.45) is 3.97. The third-order valence-corrected chi connectivity index (χ3v) is 4.14. The summed E-state index contributed by atoms with van der Waals surface area (Å²) in [6, 6.07) is 10.8. The van der Waals surface area contributed by atoms with Crippen LogP contribution in [0.5, 0.6) is 0 Å². The molecule has 1 aromatic heterocycles. The van der Waals surface area contributed by atoms with E-state index < -0.39 is 0 Å². The molecule has 3 rings (SSSR count). The quantitative estimate of drug-likeness (QED) is 0.925. The van der Waals surface area contributed by atoms with Crippen molar-refractivity contribution in [3.63, 3.8) is 0 Å². The lowest BCUT2D eigenvalue weighted by Crippen LogP contribution is -2.16. The summed E-state index contributed by atoms with van der Waals surface area (Å²) in [5.41, 5.74) is 11.2. The third kappa shape index (κ3) is 2.18. The molecule has 1 atom stereocenters. The minimum atomic E-state index is 0.0856.